The average Bonchev–Trinajstić information content (AvgIpc) is 2.05. The fourth-order valence-electron chi connectivity index (χ4n) is 2.38. The summed E-state index contributed by atoms with van der Waals surface area (Å²) in [6, 6.07) is -0.161. The van der Waals surface area contributed by atoms with Gasteiger partial charge in [-0.05, 0) is 24.7 Å². The number of carboxylic acids is 1. The van der Waals surface area contributed by atoms with Crippen LogP contribution in [-0.4, -0.2) is 17.1 Å². The van der Waals surface area contributed by atoms with Crippen LogP contribution in [0.5, 0.6) is 0 Å². The standard InChI is InChI=1S/C9H13NO2/c10-8-6-3-1-5(2-4-6)7(8)9(11)12/h1,3,5-8H,2,4,10H2,(H,11,12)/t5-,6-,7+,8+/m0/s1. The Balaban J connectivity index is 2.26. The summed E-state index contributed by atoms with van der Waals surface area (Å²) in [4.78, 5) is 10.8. The van der Waals surface area contributed by atoms with Gasteiger partial charge < -0.3 is 10.8 Å². The lowest BCUT2D eigenvalue weighted by molar-refractivity contribution is -0.145. The molecule has 0 spiro atoms. The minimum Gasteiger partial charge on any atom is -0.481 e. The number of hydrogen-bond acceptors (Lipinski definition) is 2. The lowest BCUT2D eigenvalue weighted by Gasteiger charge is -2.40. The van der Waals surface area contributed by atoms with E-state index in [1.807, 2.05) is 6.08 Å². The first-order valence-corrected chi connectivity index (χ1v) is 4.37. The highest BCUT2D eigenvalue weighted by Gasteiger charge is 2.42. The van der Waals surface area contributed by atoms with Gasteiger partial charge in [0.15, 0.2) is 0 Å². The van der Waals surface area contributed by atoms with Crippen molar-refractivity contribution in [3.8, 4) is 0 Å². The number of allylic oxidation sites excluding steroid dienone is 1. The zero-order valence-electron chi connectivity index (χ0n) is 6.81. The monoisotopic (exact) mass is 167 g/mol. The van der Waals surface area contributed by atoms with Crippen molar-refractivity contribution >= 4 is 5.97 Å². The third-order valence-electron chi connectivity index (χ3n) is 3.09. The van der Waals surface area contributed by atoms with Gasteiger partial charge in [-0.3, -0.25) is 4.79 Å². The maximum atomic E-state index is 10.8. The van der Waals surface area contributed by atoms with Crippen LogP contribution in [0, 0.1) is 17.8 Å². The van der Waals surface area contributed by atoms with Gasteiger partial charge >= 0.3 is 5.97 Å². The predicted octanol–water partition coefficient (Wildman–Crippen LogP) is 0.610. The summed E-state index contributed by atoms with van der Waals surface area (Å²) in [5.41, 5.74) is 5.83. The van der Waals surface area contributed by atoms with Crippen molar-refractivity contribution in [3.05, 3.63) is 12.2 Å². The van der Waals surface area contributed by atoms with Crippen LogP contribution in [-0.2, 0) is 4.79 Å². The fraction of sp³-hybridized carbons (Fsp3) is 0.667. The van der Waals surface area contributed by atoms with Crippen molar-refractivity contribution in [2.24, 2.45) is 23.5 Å². The first-order valence-electron chi connectivity index (χ1n) is 4.37. The van der Waals surface area contributed by atoms with E-state index in [1.165, 1.54) is 0 Å². The molecule has 3 heteroatoms. The highest BCUT2D eigenvalue weighted by Crippen LogP contribution is 2.39. The van der Waals surface area contributed by atoms with Crippen molar-refractivity contribution in [3.63, 3.8) is 0 Å². The molecule has 0 aromatic rings. The molecule has 0 aromatic carbocycles. The number of carboxylic acid groups (broad SMARTS) is 1. The number of aliphatic carboxylic acids is 1. The van der Waals surface area contributed by atoms with E-state index in [9.17, 15) is 4.79 Å². The Bertz CT molecular complexity index is 237. The second-order valence-corrected chi connectivity index (χ2v) is 3.73. The number of carbonyl (C=O) groups is 1. The topological polar surface area (TPSA) is 63.3 Å². The van der Waals surface area contributed by atoms with Crippen molar-refractivity contribution < 1.29 is 9.90 Å². The zero-order valence-corrected chi connectivity index (χ0v) is 6.81. The molecule has 0 aliphatic heterocycles. The van der Waals surface area contributed by atoms with E-state index in [0.29, 0.717) is 5.92 Å². The molecule has 3 nitrogen and oxygen atoms in total. The minimum absolute atomic E-state index is 0.161. The van der Waals surface area contributed by atoms with E-state index < -0.39 is 5.97 Å². The second-order valence-electron chi connectivity index (χ2n) is 3.73. The summed E-state index contributed by atoms with van der Waals surface area (Å²) in [6.45, 7) is 0. The lowest BCUT2D eigenvalue weighted by Crippen LogP contribution is -2.50. The highest BCUT2D eigenvalue weighted by atomic mass is 16.4. The van der Waals surface area contributed by atoms with Gasteiger partial charge in [0, 0.05) is 6.04 Å². The Morgan fingerprint density at radius 1 is 1.33 bits per heavy atom. The molecule has 0 amide bonds. The Labute approximate surface area is 71.3 Å². The Morgan fingerprint density at radius 3 is 2.25 bits per heavy atom. The number of fused-ring (bicyclic) bond motifs is 2. The van der Waals surface area contributed by atoms with Crippen LogP contribution in [0.4, 0.5) is 0 Å². The fourth-order valence-corrected chi connectivity index (χ4v) is 2.38. The summed E-state index contributed by atoms with van der Waals surface area (Å²) >= 11 is 0. The predicted molar refractivity (Wildman–Crippen MR) is 44.5 cm³/mol. The first kappa shape index (κ1) is 7.80. The van der Waals surface area contributed by atoms with E-state index in [0.717, 1.165) is 12.8 Å². The van der Waals surface area contributed by atoms with Gasteiger partial charge in [0.2, 0.25) is 0 Å². The van der Waals surface area contributed by atoms with Gasteiger partial charge in [0.25, 0.3) is 0 Å². The van der Waals surface area contributed by atoms with E-state index >= 15 is 0 Å². The van der Waals surface area contributed by atoms with Gasteiger partial charge in [-0.25, -0.2) is 0 Å². The first-order chi connectivity index (χ1) is 5.70. The van der Waals surface area contributed by atoms with Crippen LogP contribution in [0.15, 0.2) is 12.2 Å². The van der Waals surface area contributed by atoms with Gasteiger partial charge in [0.1, 0.15) is 0 Å². The van der Waals surface area contributed by atoms with E-state index in [2.05, 4.69) is 6.08 Å². The van der Waals surface area contributed by atoms with Gasteiger partial charge in [-0.1, -0.05) is 12.2 Å². The molecule has 12 heavy (non-hydrogen) atoms. The molecule has 1 fully saturated rings. The van der Waals surface area contributed by atoms with Gasteiger partial charge in [0.05, 0.1) is 5.92 Å². The molecule has 0 unspecified atom stereocenters. The molecule has 0 aromatic heterocycles. The van der Waals surface area contributed by atoms with Crippen LogP contribution in [0.1, 0.15) is 12.8 Å². The molecule has 3 aliphatic carbocycles. The molecule has 0 heterocycles. The maximum absolute atomic E-state index is 10.8. The molecule has 3 N–H and O–H groups in total. The molecular formula is C9H13NO2. The summed E-state index contributed by atoms with van der Waals surface area (Å²) < 4.78 is 0. The highest BCUT2D eigenvalue weighted by molar-refractivity contribution is 5.72. The quantitative estimate of drug-likeness (QED) is 0.562. The van der Waals surface area contributed by atoms with E-state index in [-0.39, 0.29) is 17.9 Å². The zero-order chi connectivity index (χ0) is 8.72. The summed E-state index contributed by atoms with van der Waals surface area (Å²) in [6.07, 6.45) is 6.16. The second kappa shape index (κ2) is 2.59. The SMILES string of the molecule is N[C@H]1[C@H](C(=O)O)[C@H]2C=C[C@H]1CC2. The summed E-state index contributed by atoms with van der Waals surface area (Å²) in [7, 11) is 0. The Kier molecular flexibility index (Phi) is 1.68. The smallest absolute Gasteiger partial charge is 0.308 e. The number of nitrogens with two attached hydrogens (primary N) is 1. The van der Waals surface area contributed by atoms with Gasteiger partial charge in [-0.2, -0.15) is 0 Å². The van der Waals surface area contributed by atoms with E-state index in [4.69, 9.17) is 10.8 Å². The molecular weight excluding hydrogens is 154 g/mol. The van der Waals surface area contributed by atoms with Crippen LogP contribution in [0.3, 0.4) is 0 Å². The normalized spacial score (nSPS) is 44.8. The molecule has 0 radical (unpaired) electrons. The molecule has 0 saturated heterocycles. The molecule has 4 atom stereocenters. The third kappa shape index (κ3) is 0.966. The average molecular weight is 167 g/mol. The number of hydrogen-bond donors (Lipinski definition) is 2. The summed E-state index contributed by atoms with van der Waals surface area (Å²) in [5.74, 6) is -0.589. The van der Waals surface area contributed by atoms with Crippen LogP contribution in [0.25, 0.3) is 0 Å². The van der Waals surface area contributed by atoms with Crippen LogP contribution in [0.2, 0.25) is 0 Å². The maximum Gasteiger partial charge on any atom is 0.308 e. The van der Waals surface area contributed by atoms with E-state index in [1.54, 1.807) is 0 Å². The minimum atomic E-state index is -0.735. The molecule has 2 bridgehead atoms. The molecule has 66 valence electrons. The Hall–Kier alpha value is -0.830. The van der Waals surface area contributed by atoms with Gasteiger partial charge in [-0.15, -0.1) is 0 Å². The molecule has 3 rings (SSSR count). The summed E-state index contributed by atoms with van der Waals surface area (Å²) in [5, 5.41) is 8.92. The van der Waals surface area contributed by atoms with Crippen LogP contribution >= 0.6 is 0 Å². The Morgan fingerprint density at radius 2 is 1.92 bits per heavy atom. The largest absolute Gasteiger partial charge is 0.481 e. The lowest BCUT2D eigenvalue weighted by atomic mass is 9.66. The van der Waals surface area contributed by atoms with Crippen molar-refractivity contribution in [1.29, 1.82) is 0 Å². The molecule has 3 aliphatic rings. The van der Waals surface area contributed by atoms with Crippen molar-refractivity contribution in [1.82, 2.24) is 0 Å². The van der Waals surface area contributed by atoms with Crippen molar-refractivity contribution in [2.75, 3.05) is 0 Å². The third-order valence-corrected chi connectivity index (χ3v) is 3.09. The van der Waals surface area contributed by atoms with Crippen molar-refractivity contribution in [2.45, 2.75) is 18.9 Å². The number of rotatable bonds is 1. The molecule has 1 saturated carbocycles. The van der Waals surface area contributed by atoms with Crippen LogP contribution < -0.4 is 5.73 Å².